The van der Waals surface area contributed by atoms with Crippen molar-refractivity contribution >= 4 is 44.9 Å². The Morgan fingerprint density at radius 1 is 1.30 bits per heavy atom. The van der Waals surface area contributed by atoms with Crippen molar-refractivity contribution in [1.82, 2.24) is 19.6 Å². The zero-order valence-electron chi connectivity index (χ0n) is 16.8. The van der Waals surface area contributed by atoms with E-state index in [0.717, 1.165) is 27.3 Å². The average molecular weight is 440 g/mol. The third-order valence-electron chi connectivity index (χ3n) is 5.68. The summed E-state index contributed by atoms with van der Waals surface area (Å²) in [6, 6.07) is 11.8. The van der Waals surface area contributed by atoms with Crippen molar-refractivity contribution in [3.05, 3.63) is 63.8 Å². The first-order chi connectivity index (χ1) is 14.5. The fourth-order valence-electron chi connectivity index (χ4n) is 3.79. The van der Waals surface area contributed by atoms with Crippen LogP contribution >= 0.6 is 22.9 Å². The van der Waals surface area contributed by atoms with Crippen LogP contribution in [0, 0.1) is 12.8 Å². The summed E-state index contributed by atoms with van der Waals surface area (Å²) in [5.74, 6) is 1.29. The summed E-state index contributed by atoms with van der Waals surface area (Å²) >= 11 is 7.45. The molecule has 3 aromatic heterocycles. The maximum Gasteiger partial charge on any atom is 0.266 e. The van der Waals surface area contributed by atoms with Crippen LogP contribution in [-0.2, 0) is 6.54 Å². The molecule has 1 saturated carbocycles. The number of benzene rings is 1. The summed E-state index contributed by atoms with van der Waals surface area (Å²) < 4.78 is 3.88. The van der Waals surface area contributed by atoms with E-state index >= 15 is 0 Å². The minimum Gasteiger partial charge on any atom is -0.306 e. The molecule has 1 N–H and O–H groups in total. The minimum atomic E-state index is -0.113. The van der Waals surface area contributed by atoms with Crippen molar-refractivity contribution in [2.24, 2.45) is 5.92 Å². The third-order valence-corrected chi connectivity index (χ3v) is 7.08. The lowest BCUT2D eigenvalue weighted by atomic mass is 10.2. The van der Waals surface area contributed by atoms with E-state index in [1.165, 1.54) is 24.2 Å². The van der Waals surface area contributed by atoms with Crippen molar-refractivity contribution < 1.29 is 4.79 Å². The highest BCUT2D eigenvalue weighted by Crippen LogP contribution is 2.40. The van der Waals surface area contributed by atoms with Gasteiger partial charge in [-0.3, -0.25) is 9.48 Å². The molecule has 1 aliphatic carbocycles. The predicted molar refractivity (Wildman–Crippen MR) is 121 cm³/mol. The second-order valence-corrected chi connectivity index (χ2v) is 9.36. The average Bonchev–Trinajstić information content (AvgIpc) is 3.19. The van der Waals surface area contributed by atoms with Gasteiger partial charge in [-0.05, 0) is 56.4 Å². The fourth-order valence-corrected chi connectivity index (χ4v) is 4.97. The van der Waals surface area contributed by atoms with E-state index in [1.807, 2.05) is 52.7 Å². The van der Waals surface area contributed by atoms with E-state index in [-0.39, 0.29) is 5.91 Å². The Balaban J connectivity index is 1.39. The number of halogens is 1. The standard InChI is InChI=1S/C22H22ClN5OS/c1-13-18-11-19(21(29)25-20-9-10-24-28(20)14(2)16-5-6-16)30-22(18)27(26-13)12-15-3-7-17(23)8-4-15/h3-4,7-11,14,16H,5-6,12H2,1-2H3,(H,25,29). The van der Waals surface area contributed by atoms with Crippen molar-refractivity contribution in [2.45, 2.75) is 39.3 Å². The highest BCUT2D eigenvalue weighted by atomic mass is 35.5. The smallest absolute Gasteiger partial charge is 0.266 e. The molecule has 1 fully saturated rings. The Morgan fingerprint density at radius 3 is 2.80 bits per heavy atom. The molecule has 0 aliphatic heterocycles. The predicted octanol–water partition coefficient (Wildman–Crippen LogP) is 5.53. The van der Waals surface area contributed by atoms with Crippen LogP contribution in [0.15, 0.2) is 42.6 Å². The molecular formula is C22H22ClN5OS. The lowest BCUT2D eigenvalue weighted by molar-refractivity contribution is 0.102. The molecule has 30 heavy (non-hydrogen) atoms. The molecule has 4 aromatic rings. The Labute approximate surface area is 183 Å². The Morgan fingerprint density at radius 2 is 2.07 bits per heavy atom. The zero-order chi connectivity index (χ0) is 20.8. The van der Waals surface area contributed by atoms with E-state index in [9.17, 15) is 4.79 Å². The first-order valence-corrected chi connectivity index (χ1v) is 11.3. The SMILES string of the molecule is Cc1nn(Cc2ccc(Cl)cc2)c2sc(C(=O)Nc3ccnn3C(C)C3CC3)cc12. The number of rotatable bonds is 6. The molecule has 1 aliphatic rings. The van der Waals surface area contributed by atoms with Crippen LogP contribution in [0.5, 0.6) is 0 Å². The van der Waals surface area contributed by atoms with Gasteiger partial charge in [0.15, 0.2) is 0 Å². The number of amides is 1. The molecule has 8 heteroatoms. The van der Waals surface area contributed by atoms with Gasteiger partial charge >= 0.3 is 0 Å². The number of thiophene rings is 1. The molecule has 154 valence electrons. The van der Waals surface area contributed by atoms with Crippen molar-refractivity contribution in [3.8, 4) is 0 Å². The van der Waals surface area contributed by atoms with Crippen LogP contribution in [0.25, 0.3) is 10.2 Å². The van der Waals surface area contributed by atoms with E-state index in [2.05, 4.69) is 22.4 Å². The van der Waals surface area contributed by atoms with Gasteiger partial charge in [-0.2, -0.15) is 10.2 Å². The first kappa shape index (κ1) is 19.3. The summed E-state index contributed by atoms with van der Waals surface area (Å²) in [5, 5.41) is 13.8. The lowest BCUT2D eigenvalue weighted by Crippen LogP contribution is -2.17. The van der Waals surface area contributed by atoms with Gasteiger partial charge in [-0.25, -0.2) is 4.68 Å². The molecular weight excluding hydrogens is 418 g/mol. The highest BCUT2D eigenvalue weighted by molar-refractivity contribution is 7.20. The Hall–Kier alpha value is -2.64. The number of anilines is 1. The molecule has 5 rings (SSSR count). The maximum absolute atomic E-state index is 13.0. The zero-order valence-corrected chi connectivity index (χ0v) is 18.4. The van der Waals surface area contributed by atoms with Crippen LogP contribution in [-0.4, -0.2) is 25.5 Å². The third kappa shape index (κ3) is 3.63. The van der Waals surface area contributed by atoms with E-state index in [4.69, 9.17) is 11.6 Å². The van der Waals surface area contributed by atoms with Gasteiger partial charge in [0.25, 0.3) is 5.91 Å². The van der Waals surface area contributed by atoms with Crippen molar-refractivity contribution in [2.75, 3.05) is 5.32 Å². The van der Waals surface area contributed by atoms with E-state index in [0.29, 0.717) is 28.4 Å². The monoisotopic (exact) mass is 439 g/mol. The second-order valence-electron chi connectivity index (χ2n) is 7.89. The largest absolute Gasteiger partial charge is 0.306 e. The summed E-state index contributed by atoms with van der Waals surface area (Å²) in [6.45, 7) is 4.77. The maximum atomic E-state index is 13.0. The number of hydrogen-bond acceptors (Lipinski definition) is 4. The molecule has 1 amide bonds. The number of aromatic nitrogens is 4. The Kier molecular flexibility index (Phi) is 4.87. The van der Waals surface area contributed by atoms with E-state index < -0.39 is 0 Å². The number of hydrogen-bond donors (Lipinski definition) is 1. The molecule has 0 spiro atoms. The van der Waals surface area contributed by atoms with Crippen LogP contribution < -0.4 is 5.32 Å². The van der Waals surface area contributed by atoms with Gasteiger partial charge in [0.2, 0.25) is 0 Å². The van der Waals surface area contributed by atoms with Gasteiger partial charge < -0.3 is 5.32 Å². The quantitative estimate of drug-likeness (QED) is 0.429. The first-order valence-electron chi connectivity index (χ1n) is 10.1. The number of aryl methyl sites for hydroxylation is 1. The number of nitrogens with zero attached hydrogens (tertiary/aromatic N) is 4. The second kappa shape index (κ2) is 7.56. The number of fused-ring (bicyclic) bond motifs is 1. The summed E-state index contributed by atoms with van der Waals surface area (Å²) in [6.07, 6.45) is 4.20. The highest BCUT2D eigenvalue weighted by Gasteiger charge is 2.31. The number of nitrogens with one attached hydrogen (secondary N) is 1. The normalized spacial score (nSPS) is 14.9. The molecule has 1 atom stereocenters. The summed E-state index contributed by atoms with van der Waals surface area (Å²) in [5.41, 5.74) is 2.03. The molecule has 3 heterocycles. The van der Waals surface area contributed by atoms with E-state index in [1.54, 1.807) is 6.20 Å². The Bertz CT molecular complexity index is 1220. The summed E-state index contributed by atoms with van der Waals surface area (Å²) in [7, 11) is 0. The minimum absolute atomic E-state index is 0.113. The number of carbonyl (C=O) groups excluding carboxylic acids is 1. The fraction of sp³-hybridized carbons (Fsp3) is 0.318. The number of carbonyl (C=O) groups is 1. The van der Waals surface area contributed by atoms with Crippen LogP contribution in [0.4, 0.5) is 5.82 Å². The topological polar surface area (TPSA) is 64.7 Å². The molecule has 1 unspecified atom stereocenters. The van der Waals surface area contributed by atoms with Crippen molar-refractivity contribution in [1.29, 1.82) is 0 Å². The molecule has 6 nitrogen and oxygen atoms in total. The van der Waals surface area contributed by atoms with Gasteiger partial charge in [-0.15, -0.1) is 11.3 Å². The molecule has 0 radical (unpaired) electrons. The van der Waals surface area contributed by atoms with Crippen LogP contribution in [0.2, 0.25) is 5.02 Å². The van der Waals surface area contributed by atoms with Gasteiger partial charge in [0.05, 0.1) is 29.4 Å². The van der Waals surface area contributed by atoms with Crippen LogP contribution in [0.3, 0.4) is 0 Å². The molecule has 0 saturated heterocycles. The van der Waals surface area contributed by atoms with Crippen molar-refractivity contribution in [3.63, 3.8) is 0 Å². The van der Waals surface area contributed by atoms with Gasteiger partial charge in [0, 0.05) is 16.5 Å². The lowest BCUT2D eigenvalue weighted by Gasteiger charge is -2.15. The van der Waals surface area contributed by atoms with Gasteiger partial charge in [0.1, 0.15) is 10.6 Å². The van der Waals surface area contributed by atoms with Gasteiger partial charge in [-0.1, -0.05) is 23.7 Å². The molecule has 0 bridgehead atoms. The van der Waals surface area contributed by atoms with Crippen LogP contribution in [0.1, 0.15) is 46.7 Å². The molecule has 1 aromatic carbocycles. The summed E-state index contributed by atoms with van der Waals surface area (Å²) in [4.78, 5) is 14.6.